The summed E-state index contributed by atoms with van der Waals surface area (Å²) in [7, 11) is 0. The fourth-order valence-electron chi connectivity index (χ4n) is 1.50. The van der Waals surface area contributed by atoms with Gasteiger partial charge < -0.3 is 15.3 Å². The highest BCUT2D eigenvalue weighted by atomic mass is 16.4. The first-order chi connectivity index (χ1) is 7.34. The Morgan fingerprint density at radius 3 is 2.31 bits per heavy atom. The highest BCUT2D eigenvalue weighted by molar-refractivity contribution is 6.00. The molecule has 0 heterocycles. The van der Waals surface area contributed by atoms with Crippen LogP contribution in [-0.4, -0.2) is 27.1 Å². The molecule has 0 saturated heterocycles. The number of carbonyl (C=O) groups is 2. The van der Waals surface area contributed by atoms with Gasteiger partial charge in [-0.15, -0.1) is 0 Å². The van der Waals surface area contributed by atoms with Gasteiger partial charge in [0.05, 0.1) is 12.0 Å². The number of phenols is 2. The summed E-state index contributed by atoms with van der Waals surface area (Å²) < 4.78 is 0. The minimum atomic E-state index is -1.13. The number of carboxylic acid groups (broad SMARTS) is 1. The Balaban J connectivity index is 3.46. The fourth-order valence-corrected chi connectivity index (χ4v) is 1.50. The molecule has 5 nitrogen and oxygen atoms in total. The normalized spacial score (nSPS) is 10.1. The zero-order valence-corrected chi connectivity index (χ0v) is 8.94. The van der Waals surface area contributed by atoms with E-state index in [1.807, 2.05) is 0 Å². The molecule has 16 heavy (non-hydrogen) atoms. The molecule has 1 aromatic rings. The van der Waals surface area contributed by atoms with Crippen LogP contribution in [0, 0.1) is 6.92 Å². The van der Waals surface area contributed by atoms with Gasteiger partial charge in [0.15, 0.2) is 5.78 Å². The average molecular weight is 224 g/mol. The van der Waals surface area contributed by atoms with Crippen molar-refractivity contribution in [1.82, 2.24) is 0 Å². The molecule has 0 aromatic heterocycles. The van der Waals surface area contributed by atoms with Crippen LogP contribution in [0.5, 0.6) is 11.5 Å². The van der Waals surface area contributed by atoms with E-state index >= 15 is 0 Å². The topological polar surface area (TPSA) is 94.8 Å². The number of aromatic hydroxyl groups is 2. The largest absolute Gasteiger partial charge is 0.508 e. The molecule has 0 atom stereocenters. The van der Waals surface area contributed by atoms with Gasteiger partial charge in [-0.1, -0.05) is 0 Å². The van der Waals surface area contributed by atoms with Crippen LogP contribution >= 0.6 is 0 Å². The summed E-state index contributed by atoms with van der Waals surface area (Å²) in [5, 5.41) is 27.8. The number of phenolic OH excluding ortho intramolecular Hbond substituents is 2. The van der Waals surface area contributed by atoms with Crippen molar-refractivity contribution in [1.29, 1.82) is 0 Å². The highest BCUT2D eigenvalue weighted by Gasteiger charge is 2.19. The number of rotatable bonds is 3. The smallest absolute Gasteiger partial charge is 0.307 e. The van der Waals surface area contributed by atoms with Crippen LogP contribution in [0.15, 0.2) is 6.07 Å². The molecule has 0 fully saturated rings. The minimum Gasteiger partial charge on any atom is -0.508 e. The molecule has 0 bridgehead atoms. The number of benzene rings is 1. The number of ketones is 1. The number of hydrogen-bond acceptors (Lipinski definition) is 4. The molecule has 3 N–H and O–H groups in total. The molecule has 0 amide bonds. The molecule has 0 aliphatic carbocycles. The SMILES string of the molecule is CC(=O)c1c(CC(=O)O)cc(O)c(C)c1O. The lowest BCUT2D eigenvalue weighted by molar-refractivity contribution is -0.136. The highest BCUT2D eigenvalue weighted by Crippen LogP contribution is 2.33. The van der Waals surface area contributed by atoms with Gasteiger partial charge in [-0.3, -0.25) is 9.59 Å². The Morgan fingerprint density at radius 2 is 1.88 bits per heavy atom. The molecule has 1 aromatic carbocycles. The third-order valence-corrected chi connectivity index (χ3v) is 2.30. The maximum absolute atomic E-state index is 11.3. The lowest BCUT2D eigenvalue weighted by Crippen LogP contribution is -2.07. The van der Waals surface area contributed by atoms with Crippen LogP contribution in [0.1, 0.15) is 28.4 Å². The first kappa shape index (κ1) is 12.0. The van der Waals surface area contributed by atoms with E-state index in [-0.39, 0.29) is 28.2 Å². The Bertz CT molecular complexity index is 462. The maximum atomic E-state index is 11.3. The molecule has 0 aliphatic heterocycles. The number of carboxylic acids is 1. The van der Waals surface area contributed by atoms with Crippen LogP contribution < -0.4 is 0 Å². The van der Waals surface area contributed by atoms with Gasteiger partial charge in [-0.2, -0.15) is 0 Å². The molecule has 0 saturated carbocycles. The molecule has 1 rings (SSSR count). The van der Waals surface area contributed by atoms with Crippen molar-refractivity contribution >= 4 is 11.8 Å². The van der Waals surface area contributed by atoms with Crippen LogP contribution in [-0.2, 0) is 11.2 Å². The summed E-state index contributed by atoms with van der Waals surface area (Å²) >= 11 is 0. The van der Waals surface area contributed by atoms with Crippen molar-refractivity contribution in [2.75, 3.05) is 0 Å². The maximum Gasteiger partial charge on any atom is 0.307 e. The summed E-state index contributed by atoms with van der Waals surface area (Å²) in [6.07, 6.45) is -0.420. The van der Waals surface area contributed by atoms with Gasteiger partial charge in [-0.05, 0) is 25.5 Å². The van der Waals surface area contributed by atoms with Crippen LogP contribution in [0.25, 0.3) is 0 Å². The van der Waals surface area contributed by atoms with Gasteiger partial charge >= 0.3 is 5.97 Å². The van der Waals surface area contributed by atoms with E-state index in [0.717, 1.165) is 0 Å². The molecule has 0 radical (unpaired) electrons. The van der Waals surface area contributed by atoms with Gasteiger partial charge in [0.1, 0.15) is 11.5 Å². The van der Waals surface area contributed by atoms with Crippen LogP contribution in [0.3, 0.4) is 0 Å². The van der Waals surface area contributed by atoms with Crippen molar-refractivity contribution in [2.24, 2.45) is 0 Å². The summed E-state index contributed by atoms with van der Waals surface area (Å²) in [4.78, 5) is 21.9. The average Bonchev–Trinajstić information content (AvgIpc) is 2.12. The standard InChI is InChI=1S/C11H12O5/c1-5-8(13)3-7(4-9(14)15)10(6(2)12)11(5)16/h3,13,16H,4H2,1-2H3,(H,14,15). The third-order valence-electron chi connectivity index (χ3n) is 2.30. The Labute approximate surface area is 92.0 Å². The van der Waals surface area contributed by atoms with Crippen LogP contribution in [0.4, 0.5) is 0 Å². The first-order valence-electron chi connectivity index (χ1n) is 4.61. The first-order valence-corrected chi connectivity index (χ1v) is 4.61. The third kappa shape index (κ3) is 2.13. The van der Waals surface area contributed by atoms with E-state index in [9.17, 15) is 19.8 Å². The second-order valence-corrected chi connectivity index (χ2v) is 3.53. The van der Waals surface area contributed by atoms with Crippen molar-refractivity contribution in [3.8, 4) is 11.5 Å². The van der Waals surface area contributed by atoms with Gasteiger partial charge in [0, 0.05) is 5.56 Å². The van der Waals surface area contributed by atoms with E-state index < -0.39 is 18.2 Å². The van der Waals surface area contributed by atoms with Gasteiger partial charge in [0.25, 0.3) is 0 Å². The molecule has 5 heteroatoms. The fraction of sp³-hybridized carbons (Fsp3) is 0.273. The zero-order valence-electron chi connectivity index (χ0n) is 8.94. The summed E-state index contributed by atoms with van der Waals surface area (Å²) in [6, 6.07) is 1.19. The quantitative estimate of drug-likeness (QED) is 0.671. The summed E-state index contributed by atoms with van der Waals surface area (Å²) in [6.45, 7) is 2.68. The molecule has 0 unspecified atom stereocenters. The summed E-state index contributed by atoms with van der Waals surface area (Å²) in [5.41, 5.74) is 0.234. The summed E-state index contributed by atoms with van der Waals surface area (Å²) in [5.74, 6) is -2.15. The number of carbonyl (C=O) groups excluding carboxylic acids is 1. The number of hydrogen-bond donors (Lipinski definition) is 3. The van der Waals surface area contributed by atoms with Gasteiger partial charge in [0.2, 0.25) is 0 Å². The number of aliphatic carboxylic acids is 1. The molecular weight excluding hydrogens is 212 g/mol. The predicted octanol–water partition coefficient (Wildman–Crippen LogP) is 1.24. The zero-order chi connectivity index (χ0) is 12.5. The van der Waals surface area contributed by atoms with E-state index in [0.29, 0.717) is 0 Å². The van der Waals surface area contributed by atoms with Gasteiger partial charge in [-0.25, -0.2) is 0 Å². The number of Topliss-reactive ketones (excluding diaryl/α,β-unsaturated/α-hetero) is 1. The lowest BCUT2D eigenvalue weighted by Gasteiger charge is -2.11. The van der Waals surface area contributed by atoms with E-state index in [2.05, 4.69) is 0 Å². The molecule has 0 aliphatic rings. The second-order valence-electron chi connectivity index (χ2n) is 3.53. The second kappa shape index (κ2) is 4.22. The van der Waals surface area contributed by atoms with Crippen molar-refractivity contribution in [3.63, 3.8) is 0 Å². The molecular formula is C11H12O5. The minimum absolute atomic E-state index is 0.0438. The van der Waals surface area contributed by atoms with Crippen molar-refractivity contribution < 1.29 is 24.9 Å². The molecule has 0 spiro atoms. The predicted molar refractivity (Wildman–Crippen MR) is 55.9 cm³/mol. The van der Waals surface area contributed by atoms with Crippen molar-refractivity contribution in [3.05, 3.63) is 22.8 Å². The van der Waals surface area contributed by atoms with E-state index in [4.69, 9.17) is 5.11 Å². The Morgan fingerprint density at radius 1 is 1.31 bits per heavy atom. The van der Waals surface area contributed by atoms with Crippen LogP contribution in [0.2, 0.25) is 0 Å². The Kier molecular flexibility index (Phi) is 3.17. The van der Waals surface area contributed by atoms with Crippen molar-refractivity contribution in [2.45, 2.75) is 20.3 Å². The Hall–Kier alpha value is -2.04. The lowest BCUT2D eigenvalue weighted by atomic mass is 9.97. The monoisotopic (exact) mass is 224 g/mol. The van der Waals surface area contributed by atoms with E-state index in [1.165, 1.54) is 19.9 Å². The molecule has 86 valence electrons. The van der Waals surface area contributed by atoms with E-state index in [1.54, 1.807) is 0 Å².